The molecule has 1 aromatic rings. The zero-order valence-electron chi connectivity index (χ0n) is 8.03. The van der Waals surface area contributed by atoms with Gasteiger partial charge in [-0.25, -0.2) is 9.97 Å². The Balaban J connectivity index is 1.91. The van der Waals surface area contributed by atoms with Crippen LogP contribution in [-0.4, -0.2) is 16.1 Å². The Morgan fingerprint density at radius 1 is 1.31 bits per heavy atom. The van der Waals surface area contributed by atoms with Crippen LogP contribution >= 0.6 is 0 Å². The van der Waals surface area contributed by atoms with Crippen LogP contribution in [0.15, 0.2) is 12.4 Å². The Morgan fingerprint density at radius 2 is 1.92 bits per heavy atom. The minimum atomic E-state index is 0.345. The topological polar surface area (TPSA) is 35.0 Å². The van der Waals surface area contributed by atoms with Crippen LogP contribution in [0.4, 0.5) is 0 Å². The predicted molar refractivity (Wildman–Crippen MR) is 49.6 cm³/mol. The van der Waals surface area contributed by atoms with E-state index >= 15 is 0 Å². The van der Waals surface area contributed by atoms with Gasteiger partial charge in [0.1, 0.15) is 6.10 Å². The molecule has 1 aliphatic carbocycles. The maximum absolute atomic E-state index is 5.55. The molecule has 0 bridgehead atoms. The Kier molecular flexibility index (Phi) is 2.17. The van der Waals surface area contributed by atoms with E-state index in [2.05, 4.69) is 16.9 Å². The molecular formula is C10H14N2O. The third kappa shape index (κ3) is 1.97. The van der Waals surface area contributed by atoms with Gasteiger partial charge < -0.3 is 4.74 Å². The summed E-state index contributed by atoms with van der Waals surface area (Å²) in [5, 5.41) is 0. The molecule has 70 valence electrons. The average molecular weight is 178 g/mol. The van der Waals surface area contributed by atoms with Gasteiger partial charge in [0.05, 0.1) is 0 Å². The summed E-state index contributed by atoms with van der Waals surface area (Å²) in [6, 6.07) is 0.516. The van der Waals surface area contributed by atoms with E-state index in [1.807, 2.05) is 6.92 Å². The molecule has 1 saturated carbocycles. The van der Waals surface area contributed by atoms with Gasteiger partial charge in [0, 0.05) is 12.4 Å². The van der Waals surface area contributed by atoms with Crippen LogP contribution in [0.1, 0.15) is 25.3 Å². The number of aryl methyl sites for hydroxylation is 1. The van der Waals surface area contributed by atoms with Crippen molar-refractivity contribution in [2.24, 2.45) is 5.92 Å². The quantitative estimate of drug-likeness (QED) is 0.694. The number of hydrogen-bond acceptors (Lipinski definition) is 3. The van der Waals surface area contributed by atoms with E-state index in [0.717, 1.165) is 24.3 Å². The van der Waals surface area contributed by atoms with Gasteiger partial charge >= 0.3 is 6.01 Å². The Labute approximate surface area is 78.2 Å². The number of rotatable bonds is 2. The van der Waals surface area contributed by atoms with E-state index in [0.29, 0.717) is 12.1 Å². The fourth-order valence-corrected chi connectivity index (χ4v) is 1.52. The lowest BCUT2D eigenvalue weighted by atomic mass is 9.84. The second kappa shape index (κ2) is 3.32. The molecule has 1 fully saturated rings. The first kappa shape index (κ1) is 8.48. The second-order valence-corrected chi connectivity index (χ2v) is 3.86. The number of nitrogens with zero attached hydrogens (tertiary/aromatic N) is 2. The number of hydrogen-bond donors (Lipinski definition) is 0. The Hall–Kier alpha value is -1.12. The fourth-order valence-electron chi connectivity index (χ4n) is 1.52. The molecule has 0 unspecified atom stereocenters. The van der Waals surface area contributed by atoms with Crippen molar-refractivity contribution in [3.8, 4) is 6.01 Å². The molecule has 3 heteroatoms. The summed E-state index contributed by atoms with van der Waals surface area (Å²) in [5.41, 5.74) is 1.06. The van der Waals surface area contributed by atoms with Crippen molar-refractivity contribution >= 4 is 0 Å². The van der Waals surface area contributed by atoms with Crippen molar-refractivity contribution in [3.05, 3.63) is 18.0 Å². The van der Waals surface area contributed by atoms with Gasteiger partial charge in [-0.05, 0) is 31.2 Å². The molecule has 1 aliphatic rings. The smallest absolute Gasteiger partial charge is 0.316 e. The Bertz CT molecular complexity index is 277. The first-order valence-corrected chi connectivity index (χ1v) is 4.69. The van der Waals surface area contributed by atoms with Gasteiger partial charge in [-0.3, -0.25) is 0 Å². The summed E-state index contributed by atoms with van der Waals surface area (Å²) in [4.78, 5) is 8.18. The lowest BCUT2D eigenvalue weighted by molar-refractivity contribution is 0.0648. The maximum atomic E-state index is 5.55. The molecule has 2 rings (SSSR count). The highest BCUT2D eigenvalue weighted by Gasteiger charge is 2.27. The van der Waals surface area contributed by atoms with Crippen LogP contribution in [0.5, 0.6) is 6.01 Å². The third-order valence-electron chi connectivity index (χ3n) is 2.36. The zero-order chi connectivity index (χ0) is 9.26. The van der Waals surface area contributed by atoms with Crippen LogP contribution in [0.3, 0.4) is 0 Å². The zero-order valence-corrected chi connectivity index (χ0v) is 8.03. The molecule has 13 heavy (non-hydrogen) atoms. The minimum absolute atomic E-state index is 0.345. The molecule has 0 spiro atoms. The van der Waals surface area contributed by atoms with Crippen molar-refractivity contribution in [2.45, 2.75) is 32.8 Å². The summed E-state index contributed by atoms with van der Waals surface area (Å²) >= 11 is 0. The molecule has 1 heterocycles. The molecule has 0 aromatic carbocycles. The third-order valence-corrected chi connectivity index (χ3v) is 2.36. The van der Waals surface area contributed by atoms with Gasteiger partial charge in [0.15, 0.2) is 0 Å². The van der Waals surface area contributed by atoms with Gasteiger partial charge in [-0.15, -0.1) is 0 Å². The van der Waals surface area contributed by atoms with E-state index in [4.69, 9.17) is 4.74 Å². The second-order valence-electron chi connectivity index (χ2n) is 3.86. The van der Waals surface area contributed by atoms with Crippen molar-refractivity contribution in [1.82, 2.24) is 9.97 Å². The normalized spacial score (nSPS) is 26.6. The minimum Gasteiger partial charge on any atom is -0.460 e. The Morgan fingerprint density at radius 3 is 2.46 bits per heavy atom. The van der Waals surface area contributed by atoms with Crippen molar-refractivity contribution in [1.29, 1.82) is 0 Å². The summed E-state index contributed by atoms with van der Waals surface area (Å²) < 4.78 is 5.55. The highest BCUT2D eigenvalue weighted by molar-refractivity contribution is 5.05. The highest BCUT2D eigenvalue weighted by Crippen LogP contribution is 2.29. The summed E-state index contributed by atoms with van der Waals surface area (Å²) in [5.74, 6) is 0.801. The highest BCUT2D eigenvalue weighted by atomic mass is 16.5. The van der Waals surface area contributed by atoms with Gasteiger partial charge in [0.2, 0.25) is 0 Å². The van der Waals surface area contributed by atoms with Crippen molar-refractivity contribution in [2.75, 3.05) is 0 Å². The molecule has 0 aliphatic heterocycles. The van der Waals surface area contributed by atoms with Gasteiger partial charge in [0.25, 0.3) is 0 Å². The largest absolute Gasteiger partial charge is 0.460 e. The van der Waals surface area contributed by atoms with E-state index < -0.39 is 0 Å². The summed E-state index contributed by atoms with van der Waals surface area (Å²) in [6.45, 7) is 4.20. The summed E-state index contributed by atoms with van der Waals surface area (Å²) in [6.07, 6.45) is 6.18. The molecule has 0 atom stereocenters. The molecule has 1 aromatic heterocycles. The van der Waals surface area contributed by atoms with Crippen LogP contribution in [0, 0.1) is 12.8 Å². The molecule has 0 N–H and O–H groups in total. The molecular weight excluding hydrogens is 164 g/mol. The first-order valence-electron chi connectivity index (χ1n) is 4.69. The molecule has 0 amide bonds. The lowest BCUT2D eigenvalue weighted by Crippen LogP contribution is -2.32. The molecule has 3 nitrogen and oxygen atoms in total. The number of aromatic nitrogens is 2. The van der Waals surface area contributed by atoms with E-state index in [-0.39, 0.29) is 0 Å². The maximum Gasteiger partial charge on any atom is 0.316 e. The molecule has 0 saturated heterocycles. The van der Waals surface area contributed by atoms with Crippen LogP contribution in [0.2, 0.25) is 0 Å². The lowest BCUT2D eigenvalue weighted by Gasteiger charge is -2.31. The summed E-state index contributed by atoms with van der Waals surface area (Å²) in [7, 11) is 0. The van der Waals surface area contributed by atoms with Gasteiger partial charge in [-0.1, -0.05) is 6.92 Å². The van der Waals surface area contributed by atoms with E-state index in [1.165, 1.54) is 0 Å². The fraction of sp³-hybridized carbons (Fsp3) is 0.600. The van der Waals surface area contributed by atoms with E-state index in [1.54, 1.807) is 12.4 Å². The van der Waals surface area contributed by atoms with Gasteiger partial charge in [-0.2, -0.15) is 0 Å². The first-order chi connectivity index (χ1) is 6.24. The van der Waals surface area contributed by atoms with Crippen molar-refractivity contribution in [3.63, 3.8) is 0 Å². The van der Waals surface area contributed by atoms with E-state index in [9.17, 15) is 0 Å². The molecule has 0 radical (unpaired) electrons. The van der Waals surface area contributed by atoms with Crippen LogP contribution in [0.25, 0.3) is 0 Å². The van der Waals surface area contributed by atoms with Crippen molar-refractivity contribution < 1.29 is 4.74 Å². The average Bonchev–Trinajstić information content (AvgIpc) is 2.06. The standard InChI is InChI=1S/C10H14N2O/c1-7-3-9(4-7)13-10-11-5-8(2)6-12-10/h5-7,9H,3-4H2,1-2H3. The monoisotopic (exact) mass is 178 g/mol. The SMILES string of the molecule is Cc1cnc(OC2CC(C)C2)nc1. The predicted octanol–water partition coefficient (Wildman–Crippen LogP) is 1.96. The van der Waals surface area contributed by atoms with Crippen LogP contribution < -0.4 is 4.74 Å². The number of ether oxygens (including phenoxy) is 1. The van der Waals surface area contributed by atoms with Crippen LogP contribution in [-0.2, 0) is 0 Å².